The van der Waals surface area contributed by atoms with Gasteiger partial charge in [0.2, 0.25) is 0 Å². The topological polar surface area (TPSA) is 99.9 Å². The third-order valence-corrected chi connectivity index (χ3v) is 7.26. The van der Waals surface area contributed by atoms with Crippen LogP contribution in [-0.2, 0) is 6.61 Å². The van der Waals surface area contributed by atoms with Crippen molar-refractivity contribution in [3.05, 3.63) is 117 Å². The number of carbonyl (C=O) groups excluding carboxylic acids is 1. The quantitative estimate of drug-likeness (QED) is 0.0969. The van der Waals surface area contributed by atoms with Crippen molar-refractivity contribution in [1.29, 1.82) is 0 Å². The fraction of sp³-hybridized carbons (Fsp3) is 0.206. The Morgan fingerprint density at radius 2 is 1.72 bits per heavy atom. The predicted molar refractivity (Wildman–Crippen MR) is 163 cm³/mol. The Balaban J connectivity index is 1.56. The molecule has 0 amide bonds. The largest absolute Gasteiger partial charge is 0.496 e. The van der Waals surface area contributed by atoms with Crippen LogP contribution in [0, 0.1) is 22.9 Å². The van der Waals surface area contributed by atoms with Crippen LogP contribution in [0.5, 0.6) is 17.2 Å². The van der Waals surface area contributed by atoms with Crippen LogP contribution in [0.2, 0.25) is 0 Å². The van der Waals surface area contributed by atoms with Crippen LogP contribution in [0.4, 0.5) is 15.8 Å². The van der Waals surface area contributed by atoms with Gasteiger partial charge in [-0.25, -0.2) is 9.18 Å². The number of carbonyl (C=O) groups is 1. The summed E-state index contributed by atoms with van der Waals surface area (Å²) in [7, 11) is 1.51. The lowest BCUT2D eigenvalue weighted by molar-refractivity contribution is -0.385. The molecule has 8 nitrogen and oxygen atoms in total. The normalized spacial score (nSPS) is 13.3. The summed E-state index contributed by atoms with van der Waals surface area (Å²) < 4.78 is 31.5. The van der Waals surface area contributed by atoms with Gasteiger partial charge in [-0.3, -0.25) is 10.1 Å². The van der Waals surface area contributed by atoms with E-state index in [1.807, 2.05) is 26.0 Å². The number of aryl methyl sites for hydroxylation is 1. The maximum atomic E-state index is 14.1. The van der Waals surface area contributed by atoms with Gasteiger partial charge >= 0.3 is 5.97 Å². The highest BCUT2D eigenvalue weighted by Gasteiger charge is 2.27. The van der Waals surface area contributed by atoms with Gasteiger partial charge in [-0.05, 0) is 74.7 Å². The monoisotopic (exact) mass is 582 g/mol. The summed E-state index contributed by atoms with van der Waals surface area (Å²) >= 11 is 0. The summed E-state index contributed by atoms with van der Waals surface area (Å²) in [5.74, 6) is -0.220. The van der Waals surface area contributed by atoms with Crippen molar-refractivity contribution < 1.29 is 28.3 Å². The lowest BCUT2D eigenvalue weighted by atomic mass is 9.85. The van der Waals surface area contributed by atoms with E-state index < -0.39 is 10.9 Å². The molecule has 1 aliphatic rings. The second kappa shape index (κ2) is 11.6. The number of nitro benzene ring substituents is 1. The van der Waals surface area contributed by atoms with Gasteiger partial charge in [-0.1, -0.05) is 30.3 Å². The highest BCUT2D eigenvalue weighted by atomic mass is 19.1. The third kappa shape index (κ3) is 6.06. The molecule has 1 aliphatic heterocycles. The summed E-state index contributed by atoms with van der Waals surface area (Å²) in [5.41, 5.74) is 5.41. The number of benzene rings is 4. The predicted octanol–water partition coefficient (Wildman–Crippen LogP) is 8.12. The molecule has 4 aromatic carbocycles. The Hall–Kier alpha value is -5.18. The van der Waals surface area contributed by atoms with E-state index in [2.05, 4.69) is 25.2 Å². The number of nitro groups is 1. The number of nitrogens with zero attached hydrogens (tertiary/aromatic N) is 1. The molecule has 1 N–H and O–H groups in total. The van der Waals surface area contributed by atoms with E-state index >= 15 is 0 Å². The van der Waals surface area contributed by atoms with E-state index in [0.29, 0.717) is 17.1 Å². The van der Waals surface area contributed by atoms with Crippen molar-refractivity contribution in [2.75, 3.05) is 12.4 Å². The van der Waals surface area contributed by atoms with Crippen molar-refractivity contribution in [1.82, 2.24) is 0 Å². The van der Waals surface area contributed by atoms with Crippen LogP contribution in [0.3, 0.4) is 0 Å². The maximum absolute atomic E-state index is 14.1. The van der Waals surface area contributed by atoms with Gasteiger partial charge in [0.1, 0.15) is 35.2 Å². The minimum absolute atomic E-state index is 0.146. The molecule has 0 aromatic heterocycles. The number of para-hydroxylation sites is 1. The zero-order valence-electron chi connectivity index (χ0n) is 24.5. The Morgan fingerprint density at radius 1 is 0.977 bits per heavy atom. The zero-order chi connectivity index (χ0) is 30.9. The fourth-order valence-corrected chi connectivity index (χ4v) is 5.41. The summed E-state index contributed by atoms with van der Waals surface area (Å²) in [5, 5.41) is 15.0. The van der Waals surface area contributed by atoms with Crippen molar-refractivity contribution in [2.24, 2.45) is 0 Å². The first-order chi connectivity index (χ1) is 20.5. The second-order valence-corrected chi connectivity index (χ2v) is 10.9. The lowest BCUT2D eigenvalue weighted by Crippen LogP contribution is -2.32. The number of fused-ring (bicyclic) bond motifs is 1. The zero-order valence-corrected chi connectivity index (χ0v) is 24.5. The smallest absolute Gasteiger partial charge is 0.350 e. The van der Waals surface area contributed by atoms with E-state index in [1.165, 1.54) is 43.5 Å². The van der Waals surface area contributed by atoms with Crippen LogP contribution >= 0.6 is 0 Å². The molecule has 0 saturated heterocycles. The standard InChI is InChI=1S/C34H31FN2O6/c1-20-10-11-22(35)16-30(20)42-19-27-24(14-15-28-32(27)21(2)18-34(3,4)36-28)25-13-12-23(17-31(25)41-5)43-33(38)26-8-6-7-9-29(26)37(39)40/h6-18,36H,19H2,1-5H3. The Morgan fingerprint density at radius 3 is 2.47 bits per heavy atom. The van der Waals surface area contributed by atoms with Crippen molar-refractivity contribution in [3.63, 3.8) is 0 Å². The highest BCUT2D eigenvalue weighted by molar-refractivity contribution is 5.95. The Bertz CT molecular complexity index is 1780. The number of hydrogen-bond acceptors (Lipinski definition) is 7. The van der Waals surface area contributed by atoms with E-state index in [-0.39, 0.29) is 35.0 Å². The SMILES string of the molecule is COc1cc(OC(=O)c2ccccc2[N+](=O)[O-])ccc1-c1ccc2c(c1COc1cc(F)ccc1C)C(C)=CC(C)(C)N2. The molecule has 0 saturated carbocycles. The van der Waals surface area contributed by atoms with E-state index in [9.17, 15) is 19.3 Å². The first-order valence-electron chi connectivity index (χ1n) is 13.6. The number of ether oxygens (including phenoxy) is 3. The number of nitrogens with one attached hydrogen (secondary N) is 1. The van der Waals surface area contributed by atoms with Crippen molar-refractivity contribution >= 4 is 22.9 Å². The molecule has 43 heavy (non-hydrogen) atoms. The summed E-state index contributed by atoms with van der Waals surface area (Å²) in [6.07, 6.45) is 2.15. The first kappa shape index (κ1) is 29.3. The van der Waals surface area contributed by atoms with E-state index in [1.54, 1.807) is 24.3 Å². The molecule has 0 aliphatic carbocycles. The maximum Gasteiger partial charge on any atom is 0.350 e. The van der Waals surface area contributed by atoms with E-state index in [0.717, 1.165) is 33.5 Å². The van der Waals surface area contributed by atoms with Gasteiger partial charge in [-0.2, -0.15) is 0 Å². The van der Waals surface area contributed by atoms with Crippen LogP contribution in [-0.4, -0.2) is 23.5 Å². The Kier molecular flexibility index (Phi) is 7.91. The molecular formula is C34H31FN2O6. The highest BCUT2D eigenvalue weighted by Crippen LogP contribution is 2.43. The summed E-state index contributed by atoms with van der Waals surface area (Å²) in [4.78, 5) is 23.6. The molecule has 0 bridgehead atoms. The average Bonchev–Trinajstić information content (AvgIpc) is 2.96. The van der Waals surface area contributed by atoms with Gasteiger partial charge in [0.05, 0.1) is 17.6 Å². The first-order valence-corrected chi connectivity index (χ1v) is 13.6. The van der Waals surface area contributed by atoms with Crippen LogP contribution in [0.15, 0.2) is 78.9 Å². The number of esters is 1. The van der Waals surface area contributed by atoms with Gasteiger partial charge in [-0.15, -0.1) is 0 Å². The molecular weight excluding hydrogens is 551 g/mol. The van der Waals surface area contributed by atoms with Gasteiger partial charge < -0.3 is 19.5 Å². The second-order valence-electron chi connectivity index (χ2n) is 10.9. The molecule has 0 unspecified atom stereocenters. The van der Waals surface area contributed by atoms with Gasteiger partial charge in [0.25, 0.3) is 5.69 Å². The minimum Gasteiger partial charge on any atom is -0.496 e. The van der Waals surface area contributed by atoms with Crippen molar-refractivity contribution in [3.8, 4) is 28.4 Å². The van der Waals surface area contributed by atoms with Gasteiger partial charge in [0.15, 0.2) is 0 Å². The van der Waals surface area contributed by atoms with Crippen LogP contribution in [0.1, 0.15) is 47.8 Å². The molecule has 0 radical (unpaired) electrons. The molecule has 1 heterocycles. The number of rotatable bonds is 8. The lowest BCUT2D eigenvalue weighted by Gasteiger charge is -2.33. The number of halogens is 1. The van der Waals surface area contributed by atoms with E-state index in [4.69, 9.17) is 14.2 Å². The molecule has 0 fully saturated rings. The number of hydrogen-bond donors (Lipinski definition) is 1. The molecule has 4 aromatic rings. The summed E-state index contributed by atoms with van der Waals surface area (Å²) in [6.45, 7) is 8.23. The number of anilines is 1. The van der Waals surface area contributed by atoms with Crippen LogP contribution < -0.4 is 19.5 Å². The fourth-order valence-electron chi connectivity index (χ4n) is 5.41. The average molecular weight is 583 g/mol. The molecule has 9 heteroatoms. The molecule has 0 atom stereocenters. The van der Waals surface area contributed by atoms with Gasteiger partial charge in [0, 0.05) is 40.6 Å². The number of methoxy groups -OCH3 is 1. The molecule has 220 valence electrons. The summed E-state index contributed by atoms with van der Waals surface area (Å²) in [6, 6.07) is 18.9. The third-order valence-electron chi connectivity index (χ3n) is 7.26. The number of allylic oxidation sites excluding steroid dienone is 1. The molecule has 5 rings (SSSR count). The van der Waals surface area contributed by atoms with Crippen molar-refractivity contribution in [2.45, 2.75) is 39.8 Å². The Labute approximate surface area is 248 Å². The minimum atomic E-state index is -0.857. The van der Waals surface area contributed by atoms with Crippen LogP contribution in [0.25, 0.3) is 16.7 Å². The molecule has 0 spiro atoms.